The van der Waals surface area contributed by atoms with Gasteiger partial charge in [-0.15, -0.1) is 11.3 Å². The van der Waals surface area contributed by atoms with Crippen molar-refractivity contribution in [2.24, 2.45) is 0 Å². The van der Waals surface area contributed by atoms with E-state index in [2.05, 4.69) is 15.9 Å². The van der Waals surface area contributed by atoms with Crippen molar-refractivity contribution in [2.45, 2.75) is 85.2 Å². The Morgan fingerprint density at radius 3 is 2.29 bits per heavy atom. The van der Waals surface area contributed by atoms with Crippen molar-refractivity contribution in [2.75, 3.05) is 0 Å². The first-order valence-corrected chi connectivity index (χ1v) is 13.2. The standard InChI is InChI=1S/C27H34BrNO5S/c1-15(2)33-18(17-12-10-9-11-13-17)14-29-23(31)20(27(7,8)25(32)34-26(4,5)6)21(30)19-16(3)22(28)35-24(19)29/h9-13,15,18,30H,14H2,1-8H3/t18-/m1/s1. The molecule has 8 heteroatoms. The van der Waals surface area contributed by atoms with Crippen LogP contribution in [0.25, 0.3) is 10.2 Å². The van der Waals surface area contributed by atoms with Crippen LogP contribution in [-0.2, 0) is 26.2 Å². The molecule has 0 bridgehead atoms. The zero-order valence-electron chi connectivity index (χ0n) is 21.6. The van der Waals surface area contributed by atoms with Gasteiger partial charge in [-0.25, -0.2) is 0 Å². The number of aryl methyl sites for hydroxylation is 1. The zero-order valence-corrected chi connectivity index (χ0v) is 24.0. The van der Waals surface area contributed by atoms with Crippen molar-refractivity contribution in [1.82, 2.24) is 4.57 Å². The Hall–Kier alpha value is -2.16. The third kappa shape index (κ3) is 5.65. The number of thiophene rings is 1. The summed E-state index contributed by atoms with van der Waals surface area (Å²) in [6, 6.07) is 9.74. The second-order valence-corrected chi connectivity index (χ2v) is 12.8. The minimum absolute atomic E-state index is 0.0176. The first-order valence-electron chi connectivity index (χ1n) is 11.6. The Morgan fingerprint density at radius 1 is 1.14 bits per heavy atom. The van der Waals surface area contributed by atoms with E-state index in [0.717, 1.165) is 14.9 Å². The molecule has 1 aromatic carbocycles. The van der Waals surface area contributed by atoms with Gasteiger partial charge >= 0.3 is 5.97 Å². The molecule has 0 aliphatic heterocycles. The molecule has 2 heterocycles. The number of esters is 1. The number of pyridine rings is 1. The van der Waals surface area contributed by atoms with Crippen LogP contribution in [0.2, 0.25) is 0 Å². The normalized spacial score (nSPS) is 13.4. The van der Waals surface area contributed by atoms with E-state index in [0.29, 0.717) is 10.2 Å². The van der Waals surface area contributed by atoms with Crippen molar-refractivity contribution >= 4 is 43.5 Å². The van der Waals surface area contributed by atoms with E-state index in [4.69, 9.17) is 9.47 Å². The third-order valence-electron chi connectivity index (χ3n) is 5.74. The number of hydrogen-bond donors (Lipinski definition) is 1. The highest BCUT2D eigenvalue weighted by Gasteiger charge is 2.41. The van der Waals surface area contributed by atoms with Crippen LogP contribution in [0.3, 0.4) is 0 Å². The van der Waals surface area contributed by atoms with E-state index in [1.807, 2.05) is 51.1 Å². The van der Waals surface area contributed by atoms with Crippen LogP contribution in [0, 0.1) is 6.92 Å². The van der Waals surface area contributed by atoms with E-state index < -0.39 is 28.6 Å². The summed E-state index contributed by atoms with van der Waals surface area (Å²) in [6.07, 6.45) is -0.474. The predicted octanol–water partition coefficient (Wildman–Crippen LogP) is 6.63. The number of hydrogen-bond acceptors (Lipinski definition) is 6. The molecular formula is C27H34BrNO5S. The van der Waals surface area contributed by atoms with Crippen LogP contribution in [-0.4, -0.2) is 27.3 Å². The molecule has 3 aromatic rings. The average molecular weight is 565 g/mol. The number of ether oxygens (including phenoxy) is 2. The molecule has 0 amide bonds. The lowest BCUT2D eigenvalue weighted by Crippen LogP contribution is -2.42. The minimum atomic E-state index is -1.38. The molecule has 0 aliphatic carbocycles. The van der Waals surface area contributed by atoms with Crippen LogP contribution in [0.15, 0.2) is 38.9 Å². The summed E-state index contributed by atoms with van der Waals surface area (Å²) in [7, 11) is 0. The molecule has 0 spiro atoms. The van der Waals surface area contributed by atoms with Gasteiger partial charge in [-0.05, 0) is 82.4 Å². The second-order valence-electron chi connectivity index (χ2n) is 10.5. The maximum atomic E-state index is 14.0. The fourth-order valence-corrected chi connectivity index (χ4v) is 5.72. The van der Waals surface area contributed by atoms with Gasteiger partial charge in [-0.1, -0.05) is 30.3 Å². The first-order chi connectivity index (χ1) is 16.1. The van der Waals surface area contributed by atoms with Crippen LogP contribution in [0.5, 0.6) is 5.75 Å². The maximum absolute atomic E-state index is 14.0. The summed E-state index contributed by atoms with van der Waals surface area (Å²) < 4.78 is 14.3. The quantitative estimate of drug-likeness (QED) is 0.326. The monoisotopic (exact) mass is 563 g/mol. The smallest absolute Gasteiger partial charge is 0.316 e. The lowest BCUT2D eigenvalue weighted by Gasteiger charge is -2.30. The Bertz CT molecular complexity index is 1290. The van der Waals surface area contributed by atoms with Crippen LogP contribution in [0.1, 0.15) is 71.3 Å². The van der Waals surface area contributed by atoms with E-state index in [-0.39, 0.29) is 24.0 Å². The van der Waals surface area contributed by atoms with Gasteiger partial charge in [-0.3, -0.25) is 14.2 Å². The Labute approximate surface area is 219 Å². The molecule has 0 fully saturated rings. The Balaban J connectivity index is 2.28. The molecule has 0 saturated heterocycles. The van der Waals surface area contributed by atoms with E-state index >= 15 is 0 Å². The van der Waals surface area contributed by atoms with Gasteiger partial charge in [0.25, 0.3) is 5.56 Å². The second kappa shape index (κ2) is 10.1. The number of rotatable bonds is 7. The van der Waals surface area contributed by atoms with Crippen molar-refractivity contribution < 1.29 is 19.4 Å². The molecule has 0 radical (unpaired) electrons. The van der Waals surface area contributed by atoms with Crippen molar-refractivity contribution in [3.8, 4) is 5.75 Å². The maximum Gasteiger partial charge on any atom is 0.316 e. The lowest BCUT2D eigenvalue weighted by atomic mass is 9.83. The molecule has 3 rings (SSSR count). The van der Waals surface area contributed by atoms with Crippen molar-refractivity contribution in [3.05, 3.63) is 61.2 Å². The molecule has 1 atom stereocenters. The molecule has 190 valence electrons. The van der Waals surface area contributed by atoms with E-state index in [1.54, 1.807) is 39.2 Å². The molecule has 1 N–H and O–H groups in total. The fraction of sp³-hybridized carbons (Fsp3) is 0.481. The van der Waals surface area contributed by atoms with Gasteiger partial charge < -0.3 is 14.6 Å². The number of carbonyl (C=O) groups is 1. The molecular weight excluding hydrogens is 530 g/mol. The van der Waals surface area contributed by atoms with Gasteiger partial charge in [0.15, 0.2) is 0 Å². The van der Waals surface area contributed by atoms with Gasteiger partial charge in [0, 0.05) is 0 Å². The number of nitrogens with zero attached hydrogens (tertiary/aromatic N) is 1. The molecule has 0 aliphatic rings. The fourth-order valence-electron chi connectivity index (χ4n) is 4.02. The Morgan fingerprint density at radius 2 is 1.74 bits per heavy atom. The third-order valence-corrected chi connectivity index (χ3v) is 7.92. The number of halogens is 1. The SMILES string of the molecule is Cc1c(Br)sc2c1c(O)c(C(C)(C)C(=O)OC(C)(C)C)c(=O)n2C[C@@H](OC(C)C)c1ccccc1. The Kier molecular flexibility index (Phi) is 7.89. The summed E-state index contributed by atoms with van der Waals surface area (Å²) in [4.78, 5) is 27.8. The molecule has 6 nitrogen and oxygen atoms in total. The summed E-state index contributed by atoms with van der Waals surface area (Å²) in [5, 5.41) is 11.9. The number of aromatic hydroxyl groups is 1. The molecule has 35 heavy (non-hydrogen) atoms. The predicted molar refractivity (Wildman–Crippen MR) is 144 cm³/mol. The summed E-state index contributed by atoms with van der Waals surface area (Å²) >= 11 is 4.94. The zero-order chi connectivity index (χ0) is 26.3. The molecule has 0 unspecified atom stereocenters. The summed E-state index contributed by atoms with van der Waals surface area (Å²) in [5.74, 6) is -0.758. The topological polar surface area (TPSA) is 77.8 Å². The van der Waals surface area contributed by atoms with E-state index in [1.165, 1.54) is 11.3 Å². The first kappa shape index (κ1) is 27.4. The van der Waals surface area contributed by atoms with Crippen LogP contribution >= 0.6 is 27.3 Å². The van der Waals surface area contributed by atoms with Gasteiger partial charge in [0.1, 0.15) is 22.3 Å². The van der Waals surface area contributed by atoms with Crippen molar-refractivity contribution in [3.63, 3.8) is 0 Å². The van der Waals surface area contributed by atoms with Gasteiger partial charge in [-0.2, -0.15) is 0 Å². The van der Waals surface area contributed by atoms with E-state index in [9.17, 15) is 14.7 Å². The van der Waals surface area contributed by atoms with Gasteiger partial charge in [0.2, 0.25) is 0 Å². The number of fused-ring (bicyclic) bond motifs is 1. The molecule has 2 aromatic heterocycles. The summed E-state index contributed by atoms with van der Waals surface area (Å²) in [6.45, 7) is 14.6. The highest BCUT2D eigenvalue weighted by Crippen LogP contribution is 2.43. The largest absolute Gasteiger partial charge is 0.507 e. The highest BCUT2D eigenvalue weighted by molar-refractivity contribution is 9.11. The van der Waals surface area contributed by atoms with Crippen LogP contribution in [0.4, 0.5) is 0 Å². The number of carbonyl (C=O) groups excluding carboxylic acids is 1. The summed E-state index contributed by atoms with van der Waals surface area (Å²) in [5.41, 5.74) is -0.797. The van der Waals surface area contributed by atoms with Crippen LogP contribution < -0.4 is 5.56 Å². The number of aromatic nitrogens is 1. The highest BCUT2D eigenvalue weighted by atomic mass is 79.9. The molecule has 0 saturated carbocycles. The average Bonchev–Trinajstić information content (AvgIpc) is 3.03. The van der Waals surface area contributed by atoms with Gasteiger partial charge in [0.05, 0.1) is 32.8 Å². The van der Waals surface area contributed by atoms with Crippen molar-refractivity contribution in [1.29, 1.82) is 0 Å². The lowest BCUT2D eigenvalue weighted by molar-refractivity contribution is -0.161. The number of benzene rings is 1. The minimum Gasteiger partial charge on any atom is -0.507 e.